The summed E-state index contributed by atoms with van der Waals surface area (Å²) in [6, 6.07) is 13.7. The summed E-state index contributed by atoms with van der Waals surface area (Å²) in [5, 5.41) is 0. The van der Waals surface area contributed by atoms with E-state index in [1.165, 1.54) is 5.56 Å². The van der Waals surface area contributed by atoms with E-state index in [2.05, 4.69) is 4.99 Å². The van der Waals surface area contributed by atoms with Gasteiger partial charge in [-0.3, -0.25) is 0 Å². The summed E-state index contributed by atoms with van der Waals surface area (Å²) in [5.74, 6) is 1.35. The van der Waals surface area contributed by atoms with Crippen LogP contribution in [-0.4, -0.2) is 26.1 Å². The van der Waals surface area contributed by atoms with Crippen LogP contribution in [0.5, 0.6) is 11.5 Å². The number of ether oxygens (including phenoxy) is 3. The zero-order chi connectivity index (χ0) is 18.5. The monoisotopic (exact) mass is 351 g/mol. The number of methoxy groups -OCH3 is 2. The lowest BCUT2D eigenvalue weighted by molar-refractivity contribution is -0.130. The normalized spacial score (nSPS) is 15.0. The first-order valence-corrected chi connectivity index (χ1v) is 8.38. The molecule has 0 aromatic heterocycles. The number of nitrogens with zero attached hydrogens (tertiary/aromatic N) is 1. The maximum absolute atomic E-state index is 12.1. The van der Waals surface area contributed by atoms with Crippen molar-refractivity contribution in [3.8, 4) is 11.5 Å². The van der Waals surface area contributed by atoms with E-state index in [1.807, 2.05) is 49.4 Å². The highest BCUT2D eigenvalue weighted by molar-refractivity contribution is 6.07. The molecule has 2 aromatic rings. The zero-order valence-electron chi connectivity index (χ0n) is 15.1. The minimum absolute atomic E-state index is 0.261. The van der Waals surface area contributed by atoms with Gasteiger partial charge in [-0.05, 0) is 42.7 Å². The van der Waals surface area contributed by atoms with Crippen molar-refractivity contribution in [1.82, 2.24) is 0 Å². The van der Waals surface area contributed by atoms with Crippen molar-refractivity contribution < 1.29 is 19.0 Å². The van der Waals surface area contributed by atoms with Gasteiger partial charge >= 0.3 is 5.97 Å². The number of carbonyl (C=O) groups is 1. The third-order valence-corrected chi connectivity index (χ3v) is 4.17. The summed E-state index contributed by atoms with van der Waals surface area (Å²) in [5.41, 5.74) is 3.10. The molecule has 3 rings (SSSR count). The van der Waals surface area contributed by atoms with Crippen LogP contribution in [0.25, 0.3) is 6.08 Å². The van der Waals surface area contributed by atoms with Crippen LogP contribution in [-0.2, 0) is 16.0 Å². The molecule has 1 aliphatic rings. The van der Waals surface area contributed by atoms with E-state index in [4.69, 9.17) is 14.2 Å². The fourth-order valence-electron chi connectivity index (χ4n) is 2.79. The topological polar surface area (TPSA) is 57.1 Å². The maximum atomic E-state index is 12.1. The lowest BCUT2D eigenvalue weighted by Crippen LogP contribution is -2.05. The Kier molecular flexibility index (Phi) is 5.37. The molecule has 0 aliphatic carbocycles. The first-order valence-electron chi connectivity index (χ1n) is 8.38. The van der Waals surface area contributed by atoms with Crippen LogP contribution in [0.3, 0.4) is 0 Å². The molecule has 5 heteroatoms. The van der Waals surface area contributed by atoms with Crippen LogP contribution < -0.4 is 9.47 Å². The average Bonchev–Trinajstić information content (AvgIpc) is 3.01. The number of aryl methyl sites for hydroxylation is 2. The summed E-state index contributed by atoms with van der Waals surface area (Å²) in [6.45, 7) is 1.93. The second-order valence-electron chi connectivity index (χ2n) is 5.97. The molecule has 134 valence electrons. The number of benzene rings is 2. The molecule has 26 heavy (non-hydrogen) atoms. The zero-order valence-corrected chi connectivity index (χ0v) is 15.1. The molecule has 5 nitrogen and oxygen atoms in total. The van der Waals surface area contributed by atoms with E-state index in [1.54, 1.807) is 20.3 Å². The Bertz CT molecular complexity index is 869. The van der Waals surface area contributed by atoms with Crippen LogP contribution in [0, 0.1) is 6.92 Å². The van der Waals surface area contributed by atoms with Gasteiger partial charge < -0.3 is 14.2 Å². The highest BCUT2D eigenvalue weighted by atomic mass is 16.6. The molecular formula is C21H21NO4. The van der Waals surface area contributed by atoms with Crippen molar-refractivity contribution in [3.63, 3.8) is 0 Å². The smallest absolute Gasteiger partial charge is 0.363 e. The van der Waals surface area contributed by atoms with Gasteiger partial charge in [-0.2, -0.15) is 0 Å². The fraction of sp³-hybridized carbons (Fsp3) is 0.238. The van der Waals surface area contributed by atoms with Crippen molar-refractivity contribution in [2.24, 2.45) is 4.99 Å². The lowest BCUT2D eigenvalue weighted by atomic mass is 10.1. The molecule has 1 aliphatic heterocycles. The van der Waals surface area contributed by atoms with Crippen molar-refractivity contribution in [3.05, 3.63) is 64.9 Å². The SMILES string of the molecule is COc1cc(/C=C2/N=C(CCc3ccccc3)OC2=O)c(OC)cc1C. The molecule has 0 bridgehead atoms. The average molecular weight is 351 g/mol. The fourth-order valence-corrected chi connectivity index (χ4v) is 2.79. The van der Waals surface area contributed by atoms with Gasteiger partial charge in [0.15, 0.2) is 11.6 Å². The molecule has 0 unspecified atom stereocenters. The first kappa shape index (κ1) is 17.7. The Morgan fingerprint density at radius 3 is 2.46 bits per heavy atom. The standard InChI is InChI=1S/C21H21NO4/c1-14-11-19(25-3)16(13-18(14)24-2)12-17-21(23)26-20(22-17)10-9-15-7-5-4-6-8-15/h4-8,11-13H,9-10H2,1-3H3/b17-12+. The highest BCUT2D eigenvalue weighted by Gasteiger charge is 2.23. The van der Waals surface area contributed by atoms with E-state index in [0.29, 0.717) is 18.1 Å². The molecule has 0 atom stereocenters. The molecule has 0 saturated heterocycles. The quantitative estimate of drug-likeness (QED) is 0.584. The molecule has 0 amide bonds. The van der Waals surface area contributed by atoms with E-state index >= 15 is 0 Å². The molecule has 0 saturated carbocycles. The minimum Gasteiger partial charge on any atom is -0.496 e. The maximum Gasteiger partial charge on any atom is 0.363 e. The highest BCUT2D eigenvalue weighted by Crippen LogP contribution is 2.31. The molecule has 2 aromatic carbocycles. The number of hydrogen-bond donors (Lipinski definition) is 0. The van der Waals surface area contributed by atoms with Crippen LogP contribution >= 0.6 is 0 Å². The molecular weight excluding hydrogens is 330 g/mol. The Labute approximate surface area is 152 Å². The summed E-state index contributed by atoms with van der Waals surface area (Å²) in [7, 11) is 3.19. The number of rotatable bonds is 6. The largest absolute Gasteiger partial charge is 0.496 e. The van der Waals surface area contributed by atoms with Gasteiger partial charge in [0.2, 0.25) is 0 Å². The van der Waals surface area contributed by atoms with Gasteiger partial charge in [0.25, 0.3) is 0 Å². The number of hydrogen-bond acceptors (Lipinski definition) is 5. The number of carbonyl (C=O) groups excluding carboxylic acids is 1. The Balaban J connectivity index is 1.82. The lowest BCUT2D eigenvalue weighted by Gasteiger charge is -2.10. The number of esters is 1. The second kappa shape index (κ2) is 7.87. The van der Waals surface area contributed by atoms with Gasteiger partial charge in [-0.15, -0.1) is 0 Å². The Morgan fingerprint density at radius 1 is 1.04 bits per heavy atom. The predicted molar refractivity (Wildman–Crippen MR) is 101 cm³/mol. The van der Waals surface area contributed by atoms with E-state index in [9.17, 15) is 4.79 Å². The molecule has 1 heterocycles. The summed E-state index contributed by atoms with van der Waals surface area (Å²) < 4.78 is 16.0. The third kappa shape index (κ3) is 3.94. The van der Waals surface area contributed by atoms with Gasteiger partial charge in [-0.25, -0.2) is 9.79 Å². The second-order valence-corrected chi connectivity index (χ2v) is 5.97. The predicted octanol–water partition coefficient (Wildman–Crippen LogP) is 3.94. The number of cyclic esters (lactones) is 1. The first-order chi connectivity index (χ1) is 12.6. The summed E-state index contributed by atoms with van der Waals surface area (Å²) in [6.07, 6.45) is 3.00. The van der Waals surface area contributed by atoms with Crippen molar-refractivity contribution >= 4 is 17.9 Å². The molecule has 0 spiro atoms. The van der Waals surface area contributed by atoms with Gasteiger partial charge in [0, 0.05) is 12.0 Å². The molecule has 0 radical (unpaired) electrons. The van der Waals surface area contributed by atoms with Gasteiger partial charge in [0.1, 0.15) is 11.5 Å². The van der Waals surface area contributed by atoms with Crippen molar-refractivity contribution in [1.29, 1.82) is 0 Å². The van der Waals surface area contributed by atoms with Gasteiger partial charge in [-0.1, -0.05) is 30.3 Å². The van der Waals surface area contributed by atoms with Crippen LogP contribution in [0.1, 0.15) is 23.1 Å². The van der Waals surface area contributed by atoms with Gasteiger partial charge in [0.05, 0.1) is 14.2 Å². The molecule has 0 N–H and O–H groups in total. The van der Waals surface area contributed by atoms with Crippen molar-refractivity contribution in [2.75, 3.05) is 14.2 Å². The van der Waals surface area contributed by atoms with Crippen LogP contribution in [0.15, 0.2) is 53.2 Å². The minimum atomic E-state index is -0.449. The Morgan fingerprint density at radius 2 is 1.77 bits per heavy atom. The summed E-state index contributed by atoms with van der Waals surface area (Å²) in [4.78, 5) is 16.5. The summed E-state index contributed by atoms with van der Waals surface area (Å²) >= 11 is 0. The van der Waals surface area contributed by atoms with Crippen molar-refractivity contribution in [2.45, 2.75) is 19.8 Å². The third-order valence-electron chi connectivity index (χ3n) is 4.17. The number of aliphatic imine (C=N–C) groups is 1. The van der Waals surface area contributed by atoms with Crippen LogP contribution in [0.4, 0.5) is 0 Å². The van der Waals surface area contributed by atoms with E-state index < -0.39 is 5.97 Å². The van der Waals surface area contributed by atoms with E-state index in [-0.39, 0.29) is 5.70 Å². The Hall–Kier alpha value is -3.08. The van der Waals surface area contributed by atoms with E-state index in [0.717, 1.165) is 23.3 Å². The van der Waals surface area contributed by atoms with Crippen LogP contribution in [0.2, 0.25) is 0 Å². The molecule has 0 fully saturated rings.